The summed E-state index contributed by atoms with van der Waals surface area (Å²) in [5.41, 5.74) is 3.61. The third kappa shape index (κ3) is 6.87. The van der Waals surface area contributed by atoms with Crippen LogP contribution in [0.1, 0.15) is 16.7 Å². The van der Waals surface area contributed by atoms with Gasteiger partial charge in [0.15, 0.2) is 0 Å². The predicted molar refractivity (Wildman–Crippen MR) is 106 cm³/mol. The molecule has 0 spiro atoms. The fourth-order valence-electron chi connectivity index (χ4n) is 2.61. The van der Waals surface area contributed by atoms with Gasteiger partial charge in [0.2, 0.25) is 0 Å². The van der Waals surface area contributed by atoms with Gasteiger partial charge in [0.05, 0.1) is 7.11 Å². The smallest absolute Gasteiger partial charge is 0.263 e. The maximum atomic E-state index is 12.1. The molecule has 0 aliphatic rings. The lowest BCUT2D eigenvalue weighted by atomic mass is 10.1. The molecule has 5 nitrogen and oxygen atoms in total. The van der Waals surface area contributed by atoms with Gasteiger partial charge in [-0.3, -0.25) is 4.79 Å². The molecule has 5 heteroatoms. The monoisotopic (exact) mass is 363 g/mol. The summed E-state index contributed by atoms with van der Waals surface area (Å²) in [6.45, 7) is 3.18. The molecule has 0 fully saturated rings. The summed E-state index contributed by atoms with van der Waals surface area (Å²) in [5.74, 6) is 0.434. The molecule has 0 saturated heterocycles. The summed E-state index contributed by atoms with van der Waals surface area (Å²) in [5, 5.41) is 15.0. The van der Waals surface area contributed by atoms with Gasteiger partial charge in [0, 0.05) is 19.3 Å². The average Bonchev–Trinajstić information content (AvgIpc) is 2.68. The van der Waals surface area contributed by atoms with Gasteiger partial charge in [-0.05, 0) is 43.0 Å². The highest BCUT2D eigenvalue weighted by atomic mass is 16.5. The number of hydrogen-bond acceptors (Lipinski definition) is 4. The standard InChI is InChI=1S/C22H25N3O2/c1-17-4-3-5-19(14-17)10-12-24-16-20(15-23)22(26)25-13-11-18-6-8-21(27-2)9-7-18/h3-9,14,16,24H,10-13H2,1-2H3,(H,25,26)/b20-16-. The number of hydrogen-bond donors (Lipinski definition) is 2. The van der Waals surface area contributed by atoms with Crippen LogP contribution in [0.4, 0.5) is 0 Å². The van der Waals surface area contributed by atoms with E-state index >= 15 is 0 Å². The van der Waals surface area contributed by atoms with Gasteiger partial charge in [-0.1, -0.05) is 42.0 Å². The topological polar surface area (TPSA) is 74.1 Å². The number of nitrogens with zero attached hydrogens (tertiary/aromatic N) is 1. The molecule has 2 aromatic rings. The number of nitriles is 1. The molecule has 0 heterocycles. The molecule has 2 rings (SSSR count). The number of nitrogens with one attached hydrogen (secondary N) is 2. The molecule has 0 bridgehead atoms. The fraction of sp³-hybridized carbons (Fsp3) is 0.273. The lowest BCUT2D eigenvalue weighted by Crippen LogP contribution is -2.28. The van der Waals surface area contributed by atoms with E-state index in [-0.39, 0.29) is 11.5 Å². The fourth-order valence-corrected chi connectivity index (χ4v) is 2.61. The van der Waals surface area contributed by atoms with Crippen molar-refractivity contribution in [2.75, 3.05) is 20.2 Å². The van der Waals surface area contributed by atoms with Gasteiger partial charge < -0.3 is 15.4 Å². The van der Waals surface area contributed by atoms with Crippen LogP contribution in [-0.4, -0.2) is 26.1 Å². The first-order valence-electron chi connectivity index (χ1n) is 8.92. The molecule has 0 atom stereocenters. The minimum absolute atomic E-state index is 0.0778. The van der Waals surface area contributed by atoms with Gasteiger partial charge in [0.25, 0.3) is 5.91 Å². The molecule has 0 aliphatic heterocycles. The van der Waals surface area contributed by atoms with E-state index in [0.717, 1.165) is 17.7 Å². The zero-order valence-electron chi connectivity index (χ0n) is 15.8. The van der Waals surface area contributed by atoms with Gasteiger partial charge in [-0.25, -0.2) is 0 Å². The molecule has 0 aliphatic carbocycles. The van der Waals surface area contributed by atoms with Crippen molar-refractivity contribution in [1.29, 1.82) is 5.26 Å². The second-order valence-electron chi connectivity index (χ2n) is 6.22. The number of aryl methyl sites for hydroxylation is 1. The van der Waals surface area contributed by atoms with Crippen LogP contribution < -0.4 is 15.4 Å². The Morgan fingerprint density at radius 2 is 1.85 bits per heavy atom. The van der Waals surface area contributed by atoms with E-state index in [4.69, 9.17) is 4.74 Å². The first kappa shape index (κ1) is 20.1. The zero-order valence-corrected chi connectivity index (χ0v) is 15.8. The van der Waals surface area contributed by atoms with Crippen molar-refractivity contribution in [2.24, 2.45) is 0 Å². The van der Waals surface area contributed by atoms with E-state index in [9.17, 15) is 10.1 Å². The summed E-state index contributed by atoms with van der Waals surface area (Å²) in [4.78, 5) is 12.1. The normalized spacial score (nSPS) is 10.8. The first-order valence-corrected chi connectivity index (χ1v) is 8.92. The Hall–Kier alpha value is -3.26. The Balaban J connectivity index is 1.75. The Morgan fingerprint density at radius 3 is 2.52 bits per heavy atom. The molecule has 27 heavy (non-hydrogen) atoms. The molecule has 2 aromatic carbocycles. The summed E-state index contributed by atoms with van der Waals surface area (Å²) in [7, 11) is 1.62. The molecule has 0 unspecified atom stereocenters. The number of carbonyl (C=O) groups is 1. The largest absolute Gasteiger partial charge is 0.497 e. The van der Waals surface area contributed by atoms with Crippen LogP contribution in [0.15, 0.2) is 60.3 Å². The van der Waals surface area contributed by atoms with Crippen LogP contribution in [-0.2, 0) is 17.6 Å². The van der Waals surface area contributed by atoms with Gasteiger partial charge >= 0.3 is 0 Å². The van der Waals surface area contributed by atoms with Crippen molar-refractivity contribution in [3.8, 4) is 11.8 Å². The van der Waals surface area contributed by atoms with E-state index in [1.807, 2.05) is 36.4 Å². The molecule has 1 amide bonds. The Labute approximate surface area is 160 Å². The minimum atomic E-state index is -0.367. The van der Waals surface area contributed by atoms with Crippen LogP contribution in [0.5, 0.6) is 5.75 Å². The number of rotatable bonds is 9. The summed E-state index contributed by atoms with van der Waals surface area (Å²) >= 11 is 0. The van der Waals surface area contributed by atoms with Crippen molar-refractivity contribution in [3.05, 3.63) is 77.0 Å². The highest BCUT2D eigenvalue weighted by Crippen LogP contribution is 2.11. The second kappa shape index (κ2) is 10.7. The molecule has 0 aromatic heterocycles. The Bertz CT molecular complexity index is 820. The number of amides is 1. The van der Waals surface area contributed by atoms with Crippen LogP contribution in [0.25, 0.3) is 0 Å². The third-order valence-corrected chi connectivity index (χ3v) is 4.11. The van der Waals surface area contributed by atoms with Gasteiger partial charge in [0.1, 0.15) is 17.4 Å². The number of methoxy groups -OCH3 is 1. The summed E-state index contributed by atoms with van der Waals surface area (Å²) in [6, 6.07) is 17.9. The van der Waals surface area contributed by atoms with Crippen LogP contribution in [0.3, 0.4) is 0 Å². The maximum absolute atomic E-state index is 12.1. The molecular weight excluding hydrogens is 338 g/mol. The Kier molecular flexibility index (Phi) is 7.92. The third-order valence-electron chi connectivity index (χ3n) is 4.11. The summed E-state index contributed by atoms with van der Waals surface area (Å²) < 4.78 is 5.12. The van der Waals surface area contributed by atoms with E-state index in [0.29, 0.717) is 19.5 Å². The van der Waals surface area contributed by atoms with E-state index in [2.05, 4.69) is 35.8 Å². The molecule has 0 radical (unpaired) electrons. The van der Waals surface area contributed by atoms with Crippen LogP contribution >= 0.6 is 0 Å². The first-order chi connectivity index (χ1) is 13.1. The molecular formula is C22H25N3O2. The van der Waals surface area contributed by atoms with Crippen molar-refractivity contribution < 1.29 is 9.53 Å². The van der Waals surface area contributed by atoms with E-state index in [1.165, 1.54) is 17.3 Å². The van der Waals surface area contributed by atoms with Crippen molar-refractivity contribution in [3.63, 3.8) is 0 Å². The zero-order chi connectivity index (χ0) is 19.5. The second-order valence-corrected chi connectivity index (χ2v) is 6.22. The van der Waals surface area contributed by atoms with E-state index < -0.39 is 0 Å². The van der Waals surface area contributed by atoms with Crippen molar-refractivity contribution in [2.45, 2.75) is 19.8 Å². The van der Waals surface area contributed by atoms with Gasteiger partial charge in [-0.2, -0.15) is 5.26 Å². The van der Waals surface area contributed by atoms with Gasteiger partial charge in [-0.15, -0.1) is 0 Å². The number of benzene rings is 2. The molecule has 0 saturated carbocycles. The molecule has 2 N–H and O–H groups in total. The lowest BCUT2D eigenvalue weighted by molar-refractivity contribution is -0.117. The lowest BCUT2D eigenvalue weighted by Gasteiger charge is -2.07. The minimum Gasteiger partial charge on any atom is -0.497 e. The number of carbonyl (C=O) groups excluding carboxylic acids is 1. The summed E-state index contributed by atoms with van der Waals surface area (Å²) in [6.07, 6.45) is 3.00. The van der Waals surface area contributed by atoms with Crippen LogP contribution in [0.2, 0.25) is 0 Å². The Morgan fingerprint density at radius 1 is 1.11 bits per heavy atom. The molecule has 140 valence electrons. The van der Waals surface area contributed by atoms with Crippen molar-refractivity contribution >= 4 is 5.91 Å². The highest BCUT2D eigenvalue weighted by molar-refractivity contribution is 5.97. The highest BCUT2D eigenvalue weighted by Gasteiger charge is 2.07. The average molecular weight is 363 g/mol. The predicted octanol–water partition coefficient (Wildman–Crippen LogP) is 2.90. The quantitative estimate of drug-likeness (QED) is 0.408. The van der Waals surface area contributed by atoms with Crippen molar-refractivity contribution in [1.82, 2.24) is 10.6 Å². The van der Waals surface area contributed by atoms with Crippen LogP contribution in [0, 0.1) is 18.3 Å². The maximum Gasteiger partial charge on any atom is 0.263 e. The van der Waals surface area contributed by atoms with E-state index in [1.54, 1.807) is 7.11 Å². The SMILES string of the molecule is COc1ccc(CCNC(=O)/C(C#N)=C\NCCc2cccc(C)c2)cc1. The number of ether oxygens (including phenoxy) is 1.